The Morgan fingerprint density at radius 3 is 2.97 bits per heavy atom. The minimum Gasteiger partial charge on any atom is -0.325 e. The summed E-state index contributed by atoms with van der Waals surface area (Å²) in [7, 11) is 1.73. The molecule has 9 heteroatoms. The maximum Gasteiger partial charge on any atom is 0.262 e. The molecule has 4 aromatic rings. The lowest BCUT2D eigenvalue weighted by Gasteiger charge is -2.09. The van der Waals surface area contributed by atoms with Crippen molar-refractivity contribution >= 4 is 56.2 Å². The number of carbonyl (C=O) groups excluding carboxylic acids is 1. The van der Waals surface area contributed by atoms with E-state index >= 15 is 0 Å². The van der Waals surface area contributed by atoms with Crippen LogP contribution in [0.4, 0.5) is 5.69 Å². The van der Waals surface area contributed by atoms with Crippen LogP contribution in [0.2, 0.25) is 0 Å². The number of aryl methyl sites for hydroxylation is 3. The quantitative estimate of drug-likeness (QED) is 0.341. The molecule has 6 nitrogen and oxygen atoms in total. The van der Waals surface area contributed by atoms with E-state index in [0.717, 1.165) is 51.4 Å². The maximum atomic E-state index is 12.9. The number of thioether (sulfide) groups is 1. The Kier molecular flexibility index (Phi) is 5.41. The molecule has 1 aliphatic carbocycles. The minimum atomic E-state index is -0.139. The Balaban J connectivity index is 1.30. The summed E-state index contributed by atoms with van der Waals surface area (Å²) in [6, 6.07) is 7.66. The van der Waals surface area contributed by atoms with Gasteiger partial charge in [0, 0.05) is 28.6 Å². The van der Waals surface area contributed by atoms with E-state index < -0.39 is 0 Å². The number of benzene rings is 1. The monoisotopic (exact) mass is 468 g/mol. The van der Waals surface area contributed by atoms with Crippen molar-refractivity contribution in [2.24, 2.45) is 7.05 Å². The number of nitrogens with one attached hydrogen (secondary N) is 1. The molecule has 0 aliphatic heterocycles. The van der Waals surface area contributed by atoms with Crippen LogP contribution >= 0.6 is 34.4 Å². The molecule has 0 fully saturated rings. The third kappa shape index (κ3) is 3.93. The maximum absolute atomic E-state index is 12.9. The fraction of sp³-hybridized carbons (Fsp3) is 0.273. The van der Waals surface area contributed by atoms with Crippen molar-refractivity contribution in [1.29, 1.82) is 0 Å². The average molecular weight is 469 g/mol. The first-order valence-corrected chi connectivity index (χ1v) is 12.6. The lowest BCUT2D eigenvalue weighted by atomic mass is 10.1. The Morgan fingerprint density at radius 2 is 2.16 bits per heavy atom. The highest BCUT2D eigenvalue weighted by atomic mass is 32.2. The average Bonchev–Trinajstić information content (AvgIpc) is 3.45. The van der Waals surface area contributed by atoms with Gasteiger partial charge in [-0.25, -0.2) is 9.97 Å². The molecule has 0 saturated heterocycles. The Bertz CT molecular complexity index is 1370. The van der Waals surface area contributed by atoms with Crippen LogP contribution in [0.1, 0.15) is 21.9 Å². The van der Waals surface area contributed by atoms with Gasteiger partial charge in [0.15, 0.2) is 5.16 Å². The number of thiazole rings is 1. The van der Waals surface area contributed by atoms with Crippen LogP contribution in [0.25, 0.3) is 21.5 Å². The molecule has 31 heavy (non-hydrogen) atoms. The first-order chi connectivity index (χ1) is 15.0. The molecule has 3 aromatic heterocycles. The summed E-state index contributed by atoms with van der Waals surface area (Å²) in [4.78, 5) is 36.7. The first kappa shape index (κ1) is 20.4. The molecule has 1 aliphatic rings. The highest BCUT2D eigenvalue weighted by Gasteiger charge is 2.22. The van der Waals surface area contributed by atoms with Gasteiger partial charge in [0.05, 0.1) is 21.8 Å². The van der Waals surface area contributed by atoms with Crippen molar-refractivity contribution < 1.29 is 4.79 Å². The van der Waals surface area contributed by atoms with Gasteiger partial charge >= 0.3 is 0 Å². The summed E-state index contributed by atoms with van der Waals surface area (Å²) < 4.78 is 1.57. The van der Waals surface area contributed by atoms with Crippen molar-refractivity contribution in [1.82, 2.24) is 14.5 Å². The van der Waals surface area contributed by atoms with E-state index in [2.05, 4.69) is 10.3 Å². The number of carbonyl (C=O) groups is 1. The second kappa shape index (κ2) is 8.22. The second-order valence-electron chi connectivity index (χ2n) is 7.47. The van der Waals surface area contributed by atoms with Crippen molar-refractivity contribution in [3.8, 4) is 11.3 Å². The van der Waals surface area contributed by atoms with Gasteiger partial charge in [-0.3, -0.25) is 14.2 Å². The van der Waals surface area contributed by atoms with Crippen LogP contribution in [-0.2, 0) is 24.7 Å². The number of hydrogen-bond acceptors (Lipinski definition) is 7. The van der Waals surface area contributed by atoms with Gasteiger partial charge in [-0.2, -0.15) is 0 Å². The summed E-state index contributed by atoms with van der Waals surface area (Å²) in [5.74, 6) is 0.0383. The zero-order valence-electron chi connectivity index (χ0n) is 17.1. The smallest absolute Gasteiger partial charge is 0.262 e. The molecule has 0 atom stereocenters. The van der Waals surface area contributed by atoms with Crippen LogP contribution in [0.3, 0.4) is 0 Å². The van der Waals surface area contributed by atoms with E-state index in [9.17, 15) is 9.59 Å². The van der Waals surface area contributed by atoms with E-state index in [1.165, 1.54) is 22.2 Å². The molecule has 1 aromatic carbocycles. The lowest BCUT2D eigenvalue weighted by molar-refractivity contribution is -0.113. The fourth-order valence-corrected chi connectivity index (χ4v) is 6.51. The van der Waals surface area contributed by atoms with Gasteiger partial charge in [-0.1, -0.05) is 23.9 Å². The topological polar surface area (TPSA) is 76.9 Å². The first-order valence-electron chi connectivity index (χ1n) is 9.96. The summed E-state index contributed by atoms with van der Waals surface area (Å²) in [6.45, 7) is 1.97. The second-order valence-corrected chi connectivity index (χ2v) is 10.6. The van der Waals surface area contributed by atoms with Gasteiger partial charge < -0.3 is 5.32 Å². The Morgan fingerprint density at radius 1 is 1.29 bits per heavy atom. The van der Waals surface area contributed by atoms with E-state index in [1.807, 2.05) is 36.6 Å². The third-order valence-corrected chi connectivity index (χ3v) is 8.29. The number of thiophene rings is 1. The highest BCUT2D eigenvalue weighted by Crippen LogP contribution is 2.35. The summed E-state index contributed by atoms with van der Waals surface area (Å²) in [5.41, 5.74) is 3.76. The van der Waals surface area contributed by atoms with Gasteiger partial charge in [0.2, 0.25) is 5.91 Å². The predicted octanol–water partition coefficient (Wildman–Crippen LogP) is 4.65. The van der Waals surface area contributed by atoms with Crippen LogP contribution in [0, 0.1) is 6.92 Å². The molecule has 0 saturated carbocycles. The molecule has 3 heterocycles. The molecular weight excluding hydrogens is 448 g/mol. The van der Waals surface area contributed by atoms with Gasteiger partial charge in [0.1, 0.15) is 4.83 Å². The van der Waals surface area contributed by atoms with Gasteiger partial charge in [-0.15, -0.1) is 22.7 Å². The van der Waals surface area contributed by atoms with E-state index in [4.69, 9.17) is 4.98 Å². The molecule has 5 rings (SSSR count). The van der Waals surface area contributed by atoms with E-state index in [1.54, 1.807) is 34.3 Å². The van der Waals surface area contributed by atoms with Gasteiger partial charge in [-0.05, 0) is 43.9 Å². The van der Waals surface area contributed by atoms with Crippen molar-refractivity contribution in [2.45, 2.75) is 31.3 Å². The molecule has 1 N–H and O–H groups in total. The molecule has 0 unspecified atom stereocenters. The number of hydrogen-bond donors (Lipinski definition) is 1. The molecule has 158 valence electrons. The number of aromatic nitrogens is 3. The van der Waals surface area contributed by atoms with E-state index in [0.29, 0.717) is 5.16 Å². The summed E-state index contributed by atoms with van der Waals surface area (Å²) in [5, 5.41) is 7.29. The van der Waals surface area contributed by atoms with Crippen LogP contribution in [0.15, 0.2) is 39.6 Å². The molecule has 0 radical (unpaired) electrons. The zero-order valence-corrected chi connectivity index (χ0v) is 19.5. The van der Waals surface area contributed by atoms with E-state index in [-0.39, 0.29) is 17.2 Å². The summed E-state index contributed by atoms with van der Waals surface area (Å²) in [6.07, 6.45) is 3.10. The summed E-state index contributed by atoms with van der Waals surface area (Å²) >= 11 is 4.50. The Labute approximate surface area is 191 Å². The predicted molar refractivity (Wildman–Crippen MR) is 129 cm³/mol. The standard InChI is InChI=1S/C22H20N4O2S3/c1-12-23-16(10-29-12)13-5-3-6-14(9-13)24-18(27)11-30-22-25-20-19(21(28)26(22)2)15-7-4-8-17(15)31-20/h3,5-6,9-10H,4,7-8,11H2,1-2H3,(H,24,27). The zero-order chi connectivity index (χ0) is 21.5. The number of nitrogens with zero attached hydrogens (tertiary/aromatic N) is 3. The SMILES string of the molecule is Cc1nc(-c2cccc(NC(=O)CSc3nc4sc5c(c4c(=O)n3C)CCC5)c2)cs1. The third-order valence-electron chi connectivity index (χ3n) is 5.30. The number of amides is 1. The molecule has 1 amide bonds. The number of rotatable bonds is 5. The molecule has 0 bridgehead atoms. The Hall–Kier alpha value is -2.49. The number of anilines is 1. The number of fused-ring (bicyclic) bond motifs is 3. The highest BCUT2D eigenvalue weighted by molar-refractivity contribution is 7.99. The van der Waals surface area contributed by atoms with Crippen molar-refractivity contribution in [2.75, 3.05) is 11.1 Å². The van der Waals surface area contributed by atoms with Crippen molar-refractivity contribution in [3.63, 3.8) is 0 Å². The fourth-order valence-electron chi connectivity index (χ4n) is 3.81. The largest absolute Gasteiger partial charge is 0.325 e. The van der Waals surface area contributed by atoms with Gasteiger partial charge in [0.25, 0.3) is 5.56 Å². The molecule has 0 spiro atoms. The van der Waals surface area contributed by atoms with Crippen LogP contribution < -0.4 is 10.9 Å². The van der Waals surface area contributed by atoms with Crippen molar-refractivity contribution in [3.05, 3.63) is 55.4 Å². The lowest BCUT2D eigenvalue weighted by Crippen LogP contribution is -2.21. The van der Waals surface area contributed by atoms with Crippen LogP contribution in [0.5, 0.6) is 0 Å². The van der Waals surface area contributed by atoms with Crippen LogP contribution in [-0.4, -0.2) is 26.2 Å². The minimum absolute atomic E-state index is 0.0152. The normalized spacial score (nSPS) is 13.0. The molecular formula is C22H20N4O2S3.